The first kappa shape index (κ1) is 34.3. The number of unbranched alkanes of at least 4 members (excludes halogenated alkanes) is 1. The maximum absolute atomic E-state index is 13.5. The third-order valence-corrected chi connectivity index (χ3v) is 9.81. The molecule has 10 nitrogen and oxygen atoms in total. The second-order valence-electron chi connectivity index (χ2n) is 12.8. The van der Waals surface area contributed by atoms with Crippen molar-refractivity contribution >= 4 is 57.1 Å². The number of rotatable bonds is 11. The van der Waals surface area contributed by atoms with Gasteiger partial charge in [0.2, 0.25) is 5.91 Å². The molecule has 0 saturated carbocycles. The highest BCUT2D eigenvalue weighted by atomic mass is 16.4. The van der Waals surface area contributed by atoms with E-state index in [2.05, 4.69) is 41.8 Å². The van der Waals surface area contributed by atoms with Crippen LogP contribution in [0.1, 0.15) is 116 Å². The molecule has 2 atom stereocenters. The van der Waals surface area contributed by atoms with Crippen molar-refractivity contribution in [1.82, 2.24) is 25.3 Å². The summed E-state index contributed by atoms with van der Waals surface area (Å²) in [7, 11) is 0. The summed E-state index contributed by atoms with van der Waals surface area (Å²) >= 11 is 0. The first-order valence-corrected chi connectivity index (χ1v) is 16.7. The Morgan fingerprint density at radius 2 is 1.67 bits per heavy atom. The number of nitrogens with one attached hydrogen (secondary N) is 3. The number of aliphatic carboxylic acids is 2. The summed E-state index contributed by atoms with van der Waals surface area (Å²) in [5, 5.41) is 23.2. The van der Waals surface area contributed by atoms with Gasteiger partial charge in [-0.25, -0.2) is 9.78 Å². The van der Waals surface area contributed by atoms with Crippen LogP contribution in [0.3, 0.4) is 0 Å². The SMILES string of the molecule is C=Cc1c(C)c2cc3nc(c(CC(=O)NCCCC)c4nc(cc5[nH]c(cc1[nH]2)c(C)c5CC)C(C)=C4C(=O)O)C(CCC(=O)O)[C@@H]3C. The number of aromatic nitrogens is 4. The van der Waals surface area contributed by atoms with E-state index in [0.29, 0.717) is 34.8 Å². The molecule has 5 N–H and O–H groups in total. The van der Waals surface area contributed by atoms with E-state index in [-0.39, 0.29) is 48.3 Å². The quantitative estimate of drug-likeness (QED) is 0.135. The van der Waals surface area contributed by atoms with Gasteiger partial charge < -0.3 is 25.5 Å². The van der Waals surface area contributed by atoms with Gasteiger partial charge in [-0.2, -0.15) is 0 Å². The van der Waals surface area contributed by atoms with Gasteiger partial charge >= 0.3 is 11.9 Å². The minimum absolute atomic E-state index is 0.0138. The van der Waals surface area contributed by atoms with Crippen LogP contribution in [0, 0.1) is 13.8 Å². The standard InChI is InChI=1S/C38H45N5O5/c1-8-11-14-39-33(44)15-26-36-25(12-13-34(45)46)21(6)29(42-36)16-27-19(4)23(9-2)31(40-27)17-28-20(5)24(10-3)32(41-28)18-30-22(7)35(38(47)48)37(26)43-30/h9,16-18,21,25,40-41H,2,8,10-15H2,1,3-7H3,(H,39,44)(H,45,46)(H,47,48)/t21-,25?/m0/s1. The molecule has 1 amide bonds. The molecular weight excluding hydrogens is 606 g/mol. The van der Waals surface area contributed by atoms with Crippen molar-refractivity contribution in [1.29, 1.82) is 0 Å². The fraction of sp³-hybridized carbons (Fsp3) is 0.395. The highest BCUT2D eigenvalue weighted by Crippen LogP contribution is 2.43. The van der Waals surface area contributed by atoms with Crippen LogP contribution >= 0.6 is 0 Å². The molecular formula is C38H45N5O5. The van der Waals surface area contributed by atoms with Crippen LogP contribution in [0.15, 0.2) is 24.8 Å². The summed E-state index contributed by atoms with van der Waals surface area (Å²) in [6.45, 7) is 16.5. The van der Waals surface area contributed by atoms with Gasteiger partial charge in [0.1, 0.15) is 0 Å². The molecule has 0 spiro atoms. The molecule has 2 aliphatic rings. The zero-order valence-electron chi connectivity index (χ0n) is 28.6. The number of fused-ring (bicyclic) bond motifs is 8. The number of carboxylic acids is 2. The summed E-state index contributed by atoms with van der Waals surface area (Å²) in [5.74, 6) is -2.96. The van der Waals surface area contributed by atoms with Crippen molar-refractivity contribution in [2.45, 2.75) is 91.9 Å². The summed E-state index contributed by atoms with van der Waals surface area (Å²) in [5.41, 5.74) is 10.4. The molecule has 10 heteroatoms. The zero-order valence-corrected chi connectivity index (χ0v) is 28.6. The molecule has 0 radical (unpaired) electrons. The molecule has 252 valence electrons. The fourth-order valence-electron chi connectivity index (χ4n) is 7.00. The minimum atomic E-state index is -1.15. The van der Waals surface area contributed by atoms with E-state index >= 15 is 0 Å². The van der Waals surface area contributed by atoms with Crippen molar-refractivity contribution in [2.75, 3.05) is 6.54 Å². The summed E-state index contributed by atoms with van der Waals surface area (Å²) < 4.78 is 0. The highest BCUT2D eigenvalue weighted by Gasteiger charge is 2.35. The molecule has 0 aromatic carbocycles. The minimum Gasteiger partial charge on any atom is -0.481 e. The Morgan fingerprint density at radius 1 is 0.958 bits per heavy atom. The van der Waals surface area contributed by atoms with Gasteiger partial charge in [0.15, 0.2) is 0 Å². The summed E-state index contributed by atoms with van der Waals surface area (Å²) in [4.78, 5) is 55.4. The van der Waals surface area contributed by atoms with Crippen molar-refractivity contribution in [3.05, 3.63) is 75.4 Å². The lowest BCUT2D eigenvalue weighted by molar-refractivity contribution is -0.137. The van der Waals surface area contributed by atoms with Crippen LogP contribution in [0.4, 0.5) is 0 Å². The van der Waals surface area contributed by atoms with E-state index < -0.39 is 11.9 Å². The number of H-pyrrole nitrogens is 2. The molecule has 8 bridgehead atoms. The summed E-state index contributed by atoms with van der Waals surface area (Å²) in [6, 6.07) is 5.92. The van der Waals surface area contributed by atoms with Crippen LogP contribution in [0.2, 0.25) is 0 Å². The number of aryl methyl sites for hydroxylation is 3. The molecule has 5 heterocycles. The van der Waals surface area contributed by atoms with E-state index in [1.54, 1.807) is 6.92 Å². The molecule has 0 fully saturated rings. The number of hydrogen-bond acceptors (Lipinski definition) is 5. The average molecular weight is 652 g/mol. The maximum atomic E-state index is 13.5. The largest absolute Gasteiger partial charge is 0.481 e. The van der Waals surface area contributed by atoms with Crippen LogP contribution in [0.5, 0.6) is 0 Å². The fourth-order valence-corrected chi connectivity index (χ4v) is 7.00. The van der Waals surface area contributed by atoms with E-state index in [0.717, 1.165) is 63.6 Å². The van der Waals surface area contributed by atoms with Gasteiger partial charge in [-0.05, 0) is 80.5 Å². The van der Waals surface area contributed by atoms with Gasteiger partial charge in [0.05, 0.1) is 29.1 Å². The van der Waals surface area contributed by atoms with Gasteiger partial charge in [-0.1, -0.05) is 39.8 Å². The Morgan fingerprint density at radius 3 is 2.31 bits per heavy atom. The van der Waals surface area contributed by atoms with Crippen LogP contribution in [-0.2, 0) is 27.2 Å². The number of allylic oxidation sites excluding steroid dienone is 1. The molecule has 2 aliphatic heterocycles. The first-order valence-electron chi connectivity index (χ1n) is 16.7. The number of carboxylic acid groups (broad SMARTS) is 2. The first-order chi connectivity index (χ1) is 22.9. The third-order valence-electron chi connectivity index (χ3n) is 9.81. The number of nitrogens with zero attached hydrogens (tertiary/aromatic N) is 2. The van der Waals surface area contributed by atoms with Crippen LogP contribution < -0.4 is 5.32 Å². The third kappa shape index (κ3) is 6.43. The van der Waals surface area contributed by atoms with E-state index in [4.69, 9.17) is 9.97 Å². The lowest BCUT2D eigenvalue weighted by Gasteiger charge is -2.18. The number of hydrogen-bond donors (Lipinski definition) is 5. The smallest absolute Gasteiger partial charge is 0.338 e. The zero-order chi connectivity index (χ0) is 34.9. The molecule has 3 aromatic heterocycles. The number of carbonyl (C=O) groups is 3. The number of amides is 1. The Bertz CT molecular complexity index is 2010. The second-order valence-corrected chi connectivity index (χ2v) is 12.8. The lowest BCUT2D eigenvalue weighted by atomic mass is 9.84. The van der Waals surface area contributed by atoms with Gasteiger partial charge in [0, 0.05) is 63.7 Å². The number of aromatic amines is 2. The van der Waals surface area contributed by atoms with E-state index in [1.165, 1.54) is 0 Å². The highest BCUT2D eigenvalue weighted by molar-refractivity contribution is 6.24. The maximum Gasteiger partial charge on any atom is 0.338 e. The Balaban J connectivity index is 1.98. The molecule has 48 heavy (non-hydrogen) atoms. The van der Waals surface area contributed by atoms with Gasteiger partial charge in [-0.3, -0.25) is 14.6 Å². The van der Waals surface area contributed by atoms with E-state index in [1.807, 2.05) is 39.0 Å². The molecule has 1 unspecified atom stereocenters. The Hall–Kier alpha value is -4.99. The van der Waals surface area contributed by atoms with Crippen molar-refractivity contribution < 1.29 is 24.6 Å². The van der Waals surface area contributed by atoms with Crippen molar-refractivity contribution in [3.8, 4) is 0 Å². The average Bonchev–Trinajstić information content (AvgIpc) is 3.71. The predicted molar refractivity (Wildman–Crippen MR) is 190 cm³/mol. The van der Waals surface area contributed by atoms with Gasteiger partial charge in [-0.15, -0.1) is 0 Å². The normalized spacial score (nSPS) is 15.9. The van der Waals surface area contributed by atoms with Crippen LogP contribution in [-0.4, -0.2) is 54.5 Å². The van der Waals surface area contributed by atoms with E-state index in [9.17, 15) is 24.6 Å². The predicted octanol–water partition coefficient (Wildman–Crippen LogP) is 7.36. The molecule has 5 rings (SSSR count). The second kappa shape index (κ2) is 14.0. The summed E-state index contributed by atoms with van der Waals surface area (Å²) in [6.07, 6.45) is 4.30. The van der Waals surface area contributed by atoms with Crippen LogP contribution in [0.25, 0.3) is 39.3 Å². The number of carbonyl (C=O) groups excluding carboxylic acids is 1. The Kier molecular flexibility index (Phi) is 10.0. The monoisotopic (exact) mass is 651 g/mol. The topological polar surface area (TPSA) is 161 Å². The van der Waals surface area contributed by atoms with Crippen molar-refractivity contribution in [2.24, 2.45) is 0 Å². The Labute approximate surface area is 280 Å². The van der Waals surface area contributed by atoms with Crippen molar-refractivity contribution in [3.63, 3.8) is 0 Å². The lowest BCUT2D eigenvalue weighted by Crippen LogP contribution is -2.27. The molecule has 3 aromatic rings. The molecule has 0 aliphatic carbocycles. The van der Waals surface area contributed by atoms with Gasteiger partial charge in [0.25, 0.3) is 0 Å². The molecule has 0 saturated heterocycles.